The summed E-state index contributed by atoms with van der Waals surface area (Å²) in [6.07, 6.45) is 1.74. The van der Waals surface area contributed by atoms with Gasteiger partial charge in [0.15, 0.2) is 0 Å². The Morgan fingerprint density at radius 3 is 2.50 bits per heavy atom. The largest absolute Gasteiger partial charge is 0.420 e. The van der Waals surface area contributed by atoms with E-state index < -0.39 is 0 Å². The van der Waals surface area contributed by atoms with Gasteiger partial charge in [-0.15, -0.1) is 10.2 Å². The van der Waals surface area contributed by atoms with E-state index in [2.05, 4.69) is 20.4 Å². The van der Waals surface area contributed by atoms with Crippen molar-refractivity contribution in [3.8, 4) is 11.5 Å². The molecule has 0 unspecified atom stereocenters. The Hall–Kier alpha value is -2.28. The quantitative estimate of drug-likeness (QED) is 0.908. The monoisotopic (exact) mass is 360 g/mol. The Bertz CT molecular complexity index is 744. The number of nitrogens with zero attached hydrogens (tertiary/aromatic N) is 3. The molecule has 1 saturated heterocycles. The highest BCUT2D eigenvalue weighted by molar-refractivity contribution is 5.78. The molecule has 1 aromatic heterocycles. The maximum absolute atomic E-state index is 13.0. The van der Waals surface area contributed by atoms with E-state index in [-0.39, 0.29) is 23.2 Å². The zero-order valence-electron chi connectivity index (χ0n) is 15.5. The molecule has 140 valence electrons. The number of amides is 1. The Balaban J connectivity index is 1.54. The van der Waals surface area contributed by atoms with Crippen molar-refractivity contribution in [2.24, 2.45) is 0 Å². The molecule has 2 heterocycles. The number of benzene rings is 1. The third-order valence-corrected chi connectivity index (χ3v) is 4.35. The first-order chi connectivity index (χ1) is 12.3. The van der Waals surface area contributed by atoms with Crippen molar-refractivity contribution in [2.45, 2.75) is 45.1 Å². The number of rotatable bonds is 4. The summed E-state index contributed by atoms with van der Waals surface area (Å²) in [7, 11) is 0. The van der Waals surface area contributed by atoms with Gasteiger partial charge in [-0.1, -0.05) is 0 Å². The Kier molecular flexibility index (Phi) is 5.36. The summed E-state index contributed by atoms with van der Waals surface area (Å²) >= 11 is 0. The lowest BCUT2D eigenvalue weighted by Crippen LogP contribution is -2.47. The molecule has 0 spiro atoms. The molecule has 1 fully saturated rings. The van der Waals surface area contributed by atoms with Crippen LogP contribution in [0, 0.1) is 5.82 Å². The van der Waals surface area contributed by atoms with Crippen LogP contribution in [0.4, 0.5) is 4.39 Å². The average Bonchev–Trinajstić information content (AvgIpc) is 3.04. The smallest absolute Gasteiger partial charge is 0.247 e. The standard InChI is InChI=1S/C19H25FN4O2/c1-19(2,3)21-16(25)12-24-10-8-14(9-11-24)18-23-22-17(26-18)13-4-6-15(20)7-5-13/h4-7,14H,8-12H2,1-3H3,(H,21,25). The molecule has 6 nitrogen and oxygen atoms in total. The fourth-order valence-electron chi connectivity index (χ4n) is 3.11. The van der Waals surface area contributed by atoms with Gasteiger partial charge in [0.05, 0.1) is 6.54 Å². The van der Waals surface area contributed by atoms with Gasteiger partial charge in [0.1, 0.15) is 5.82 Å². The van der Waals surface area contributed by atoms with Crippen LogP contribution in [0.2, 0.25) is 0 Å². The highest BCUT2D eigenvalue weighted by Gasteiger charge is 2.26. The van der Waals surface area contributed by atoms with E-state index in [4.69, 9.17) is 4.42 Å². The van der Waals surface area contributed by atoms with Gasteiger partial charge in [-0.05, 0) is 71.0 Å². The van der Waals surface area contributed by atoms with Gasteiger partial charge in [0.2, 0.25) is 17.7 Å². The van der Waals surface area contributed by atoms with Crippen LogP contribution in [0.3, 0.4) is 0 Å². The van der Waals surface area contributed by atoms with E-state index >= 15 is 0 Å². The lowest BCUT2D eigenvalue weighted by Gasteiger charge is -2.31. The highest BCUT2D eigenvalue weighted by Crippen LogP contribution is 2.29. The maximum atomic E-state index is 13.0. The molecule has 1 N–H and O–H groups in total. The minimum atomic E-state index is -0.295. The zero-order valence-corrected chi connectivity index (χ0v) is 15.5. The molecule has 0 aliphatic carbocycles. The first-order valence-electron chi connectivity index (χ1n) is 8.93. The maximum Gasteiger partial charge on any atom is 0.247 e. The van der Waals surface area contributed by atoms with Crippen molar-refractivity contribution >= 4 is 5.91 Å². The molecule has 1 aliphatic rings. The van der Waals surface area contributed by atoms with Gasteiger partial charge in [0.25, 0.3) is 0 Å². The van der Waals surface area contributed by atoms with E-state index in [1.807, 2.05) is 20.8 Å². The fourth-order valence-corrected chi connectivity index (χ4v) is 3.11. The highest BCUT2D eigenvalue weighted by atomic mass is 19.1. The van der Waals surface area contributed by atoms with Crippen LogP contribution < -0.4 is 5.32 Å². The predicted molar refractivity (Wildman–Crippen MR) is 96.0 cm³/mol. The molecule has 3 rings (SSSR count). The number of halogens is 1. The lowest BCUT2D eigenvalue weighted by atomic mass is 9.97. The minimum Gasteiger partial charge on any atom is -0.420 e. The van der Waals surface area contributed by atoms with Crippen molar-refractivity contribution < 1.29 is 13.6 Å². The summed E-state index contributed by atoms with van der Waals surface area (Å²) in [5, 5.41) is 11.2. The minimum absolute atomic E-state index is 0.0485. The second-order valence-corrected chi connectivity index (χ2v) is 7.80. The molecular weight excluding hydrogens is 335 g/mol. The number of carbonyl (C=O) groups is 1. The van der Waals surface area contributed by atoms with Gasteiger partial charge in [-0.25, -0.2) is 4.39 Å². The molecule has 0 saturated carbocycles. The number of hydrogen-bond donors (Lipinski definition) is 1. The Morgan fingerprint density at radius 1 is 1.23 bits per heavy atom. The molecule has 1 aliphatic heterocycles. The molecule has 0 bridgehead atoms. The van der Waals surface area contributed by atoms with Gasteiger partial charge >= 0.3 is 0 Å². The molecule has 7 heteroatoms. The van der Waals surface area contributed by atoms with Crippen molar-refractivity contribution in [3.63, 3.8) is 0 Å². The molecule has 26 heavy (non-hydrogen) atoms. The number of aromatic nitrogens is 2. The second kappa shape index (κ2) is 7.53. The summed E-state index contributed by atoms with van der Waals surface area (Å²) in [5.41, 5.74) is 0.497. The topological polar surface area (TPSA) is 71.3 Å². The summed E-state index contributed by atoms with van der Waals surface area (Å²) in [5.74, 6) is 0.970. The number of nitrogens with one attached hydrogen (secondary N) is 1. The Morgan fingerprint density at radius 2 is 1.88 bits per heavy atom. The summed E-state index contributed by atoms with van der Waals surface area (Å²) < 4.78 is 18.8. The normalized spacial score (nSPS) is 16.6. The summed E-state index contributed by atoms with van der Waals surface area (Å²) in [4.78, 5) is 14.2. The molecule has 0 radical (unpaired) electrons. The molecule has 2 aromatic rings. The average molecular weight is 360 g/mol. The first kappa shape index (κ1) is 18.5. The summed E-state index contributed by atoms with van der Waals surface area (Å²) in [6.45, 7) is 7.98. The van der Waals surface area contributed by atoms with Gasteiger partial charge < -0.3 is 9.73 Å². The van der Waals surface area contributed by atoms with Crippen molar-refractivity contribution in [3.05, 3.63) is 36.0 Å². The summed E-state index contributed by atoms with van der Waals surface area (Å²) in [6, 6.07) is 6.01. The fraction of sp³-hybridized carbons (Fsp3) is 0.526. The van der Waals surface area contributed by atoms with E-state index in [1.165, 1.54) is 12.1 Å². The van der Waals surface area contributed by atoms with Gasteiger partial charge in [0, 0.05) is 17.0 Å². The van der Waals surface area contributed by atoms with Crippen molar-refractivity contribution in [2.75, 3.05) is 19.6 Å². The number of piperidine rings is 1. The van der Waals surface area contributed by atoms with Crippen LogP contribution in [0.25, 0.3) is 11.5 Å². The van der Waals surface area contributed by atoms with Crippen LogP contribution in [0.5, 0.6) is 0 Å². The van der Waals surface area contributed by atoms with Crippen LogP contribution in [-0.4, -0.2) is 46.2 Å². The van der Waals surface area contributed by atoms with E-state index in [1.54, 1.807) is 12.1 Å². The molecule has 0 atom stereocenters. The third kappa shape index (κ3) is 4.88. The van der Waals surface area contributed by atoms with Crippen LogP contribution in [-0.2, 0) is 4.79 Å². The van der Waals surface area contributed by atoms with Crippen molar-refractivity contribution in [1.29, 1.82) is 0 Å². The number of carbonyl (C=O) groups excluding carboxylic acids is 1. The van der Waals surface area contributed by atoms with E-state index in [9.17, 15) is 9.18 Å². The lowest BCUT2D eigenvalue weighted by molar-refractivity contribution is -0.123. The van der Waals surface area contributed by atoms with Gasteiger partial charge in [-0.3, -0.25) is 9.69 Å². The van der Waals surface area contributed by atoms with E-state index in [0.717, 1.165) is 25.9 Å². The van der Waals surface area contributed by atoms with E-state index in [0.29, 0.717) is 23.9 Å². The predicted octanol–water partition coefficient (Wildman–Crippen LogP) is 2.97. The van der Waals surface area contributed by atoms with Crippen molar-refractivity contribution in [1.82, 2.24) is 20.4 Å². The Labute approximate surface area is 152 Å². The second-order valence-electron chi connectivity index (χ2n) is 7.80. The molecule has 1 aromatic carbocycles. The molecular formula is C19H25FN4O2. The SMILES string of the molecule is CC(C)(C)NC(=O)CN1CCC(c2nnc(-c3ccc(F)cc3)o2)CC1. The van der Waals surface area contributed by atoms with Gasteiger partial charge in [-0.2, -0.15) is 0 Å². The number of hydrogen-bond acceptors (Lipinski definition) is 5. The molecule has 1 amide bonds. The third-order valence-electron chi connectivity index (χ3n) is 4.35. The zero-order chi connectivity index (χ0) is 18.7. The van der Waals surface area contributed by atoms with Crippen LogP contribution in [0.1, 0.15) is 45.4 Å². The van der Waals surface area contributed by atoms with Crippen LogP contribution in [0.15, 0.2) is 28.7 Å². The first-order valence-corrected chi connectivity index (χ1v) is 8.93. The number of likely N-dealkylation sites (tertiary alicyclic amines) is 1. The van der Waals surface area contributed by atoms with Crippen LogP contribution >= 0.6 is 0 Å².